The Bertz CT molecular complexity index is 65.3. The van der Waals surface area contributed by atoms with Gasteiger partial charge in [-0.2, -0.15) is 0 Å². The molecule has 1 fully saturated rings. The maximum absolute atomic E-state index is 3.35. The zero-order valence-electron chi connectivity index (χ0n) is 6.06. The first kappa shape index (κ1) is 7.03. The van der Waals surface area contributed by atoms with Gasteiger partial charge in [0.2, 0.25) is 0 Å². The monoisotopic (exact) mass is 127 g/mol. The van der Waals surface area contributed by atoms with Gasteiger partial charge in [0.1, 0.15) is 0 Å². The van der Waals surface area contributed by atoms with Gasteiger partial charge in [-0.3, -0.25) is 4.90 Å². The number of hydrogen-bond acceptors (Lipinski definition) is 2. The third-order valence-corrected chi connectivity index (χ3v) is 1.74. The molecule has 1 rings (SSSR count). The maximum Gasteiger partial charge on any atom is 0.0221 e. The summed E-state index contributed by atoms with van der Waals surface area (Å²) in [5.41, 5.74) is 0. The Kier molecular flexibility index (Phi) is 3.01. The molecule has 0 saturated carbocycles. The van der Waals surface area contributed by atoms with Gasteiger partial charge in [-0.1, -0.05) is 0 Å². The van der Waals surface area contributed by atoms with Crippen LogP contribution in [0, 0.1) is 6.54 Å². The van der Waals surface area contributed by atoms with E-state index in [9.17, 15) is 0 Å². The molecule has 0 aliphatic carbocycles. The summed E-state index contributed by atoms with van der Waals surface area (Å²) in [7, 11) is 0. The molecule has 0 spiro atoms. The van der Waals surface area contributed by atoms with Crippen LogP contribution >= 0.6 is 0 Å². The first-order valence-electron chi connectivity index (χ1n) is 3.68. The molecule has 0 bridgehead atoms. The first-order valence-corrected chi connectivity index (χ1v) is 3.68. The number of hydrogen-bond donors (Lipinski definition) is 1. The van der Waals surface area contributed by atoms with Crippen molar-refractivity contribution < 1.29 is 0 Å². The van der Waals surface area contributed by atoms with E-state index >= 15 is 0 Å². The van der Waals surface area contributed by atoms with Crippen molar-refractivity contribution in [2.45, 2.75) is 13.3 Å². The molecule has 1 aliphatic heterocycles. The van der Waals surface area contributed by atoms with Crippen LogP contribution in [0.1, 0.15) is 13.3 Å². The molecular formula is C7H15N2. The quantitative estimate of drug-likeness (QED) is 0.550. The Morgan fingerprint density at radius 2 is 2.22 bits per heavy atom. The highest BCUT2D eigenvalue weighted by Gasteiger charge is 2.04. The number of nitrogens with zero attached hydrogens (tertiary/aromatic N) is 1. The molecule has 1 heterocycles. The van der Waals surface area contributed by atoms with E-state index in [4.69, 9.17) is 0 Å². The van der Waals surface area contributed by atoms with E-state index in [0.717, 1.165) is 6.54 Å². The van der Waals surface area contributed by atoms with Gasteiger partial charge in [0.25, 0.3) is 0 Å². The lowest BCUT2D eigenvalue weighted by Crippen LogP contribution is -2.24. The van der Waals surface area contributed by atoms with E-state index in [0.29, 0.717) is 0 Å². The van der Waals surface area contributed by atoms with Crippen LogP contribution < -0.4 is 5.32 Å². The van der Waals surface area contributed by atoms with Crippen LogP contribution in [0.15, 0.2) is 0 Å². The highest BCUT2D eigenvalue weighted by Crippen LogP contribution is 1.95. The summed E-state index contributed by atoms with van der Waals surface area (Å²) in [5, 5.41) is 3.35. The lowest BCUT2D eigenvalue weighted by Gasteiger charge is -2.14. The average Bonchev–Trinajstić information content (AvgIpc) is 2.13. The second kappa shape index (κ2) is 3.85. The van der Waals surface area contributed by atoms with Crippen LogP contribution in [0.3, 0.4) is 0 Å². The fourth-order valence-electron chi connectivity index (χ4n) is 1.12. The van der Waals surface area contributed by atoms with Crippen LogP contribution in [0.25, 0.3) is 0 Å². The van der Waals surface area contributed by atoms with Gasteiger partial charge in [0, 0.05) is 19.6 Å². The molecule has 1 radical (unpaired) electrons. The predicted molar refractivity (Wildman–Crippen MR) is 39.0 cm³/mol. The van der Waals surface area contributed by atoms with Gasteiger partial charge >= 0.3 is 0 Å². The second-order valence-electron chi connectivity index (χ2n) is 2.40. The molecule has 0 aromatic carbocycles. The summed E-state index contributed by atoms with van der Waals surface area (Å²) >= 11 is 0. The highest BCUT2D eigenvalue weighted by molar-refractivity contribution is 4.69. The lowest BCUT2D eigenvalue weighted by molar-refractivity contribution is 0.361. The van der Waals surface area contributed by atoms with Crippen LogP contribution in [0.5, 0.6) is 0 Å². The zero-order valence-corrected chi connectivity index (χ0v) is 6.06. The average molecular weight is 127 g/mol. The second-order valence-corrected chi connectivity index (χ2v) is 2.40. The summed E-state index contributed by atoms with van der Waals surface area (Å²) in [6.45, 7) is 9.01. The lowest BCUT2D eigenvalue weighted by atomic mass is 10.4. The van der Waals surface area contributed by atoms with Gasteiger partial charge in [-0.25, -0.2) is 0 Å². The molecule has 1 saturated heterocycles. The van der Waals surface area contributed by atoms with Crippen LogP contribution in [0.4, 0.5) is 0 Å². The molecule has 0 atom stereocenters. The molecule has 0 amide bonds. The predicted octanol–water partition coefficient (Wildman–Crippen LogP) is 0.463. The SMILES string of the molecule is C[CH]N1CCCNCC1. The third-order valence-electron chi connectivity index (χ3n) is 1.74. The van der Waals surface area contributed by atoms with E-state index in [1.807, 2.05) is 0 Å². The zero-order chi connectivity index (χ0) is 6.53. The largest absolute Gasteiger partial charge is 0.315 e. The standard InChI is InChI=1S/C7H15N2/c1-2-9-6-3-4-8-5-7-9/h2,8H,3-7H2,1H3. The molecule has 9 heavy (non-hydrogen) atoms. The Morgan fingerprint density at radius 3 is 3.00 bits per heavy atom. The summed E-state index contributed by atoms with van der Waals surface area (Å²) in [4.78, 5) is 2.36. The molecule has 0 unspecified atom stereocenters. The number of rotatable bonds is 1. The molecule has 2 heteroatoms. The Balaban J connectivity index is 2.18. The summed E-state index contributed by atoms with van der Waals surface area (Å²) in [6.07, 6.45) is 1.28. The van der Waals surface area contributed by atoms with Crippen molar-refractivity contribution in [2.24, 2.45) is 0 Å². The fraction of sp³-hybridized carbons (Fsp3) is 0.857. The van der Waals surface area contributed by atoms with E-state index in [2.05, 4.69) is 23.7 Å². The third kappa shape index (κ3) is 2.33. The molecule has 1 aliphatic rings. The van der Waals surface area contributed by atoms with Crippen molar-refractivity contribution in [2.75, 3.05) is 26.2 Å². The Labute approximate surface area is 57.2 Å². The molecule has 1 N–H and O–H groups in total. The Hall–Kier alpha value is -0.0800. The molecule has 53 valence electrons. The normalized spacial score (nSPS) is 23.7. The minimum atomic E-state index is 1.14. The Morgan fingerprint density at radius 1 is 1.33 bits per heavy atom. The van der Waals surface area contributed by atoms with E-state index in [-0.39, 0.29) is 0 Å². The summed E-state index contributed by atoms with van der Waals surface area (Å²) in [5.74, 6) is 0. The van der Waals surface area contributed by atoms with Crippen molar-refractivity contribution in [3.05, 3.63) is 6.54 Å². The fourth-order valence-corrected chi connectivity index (χ4v) is 1.12. The van der Waals surface area contributed by atoms with Crippen molar-refractivity contribution in [3.8, 4) is 0 Å². The molecule has 0 aromatic rings. The number of nitrogens with one attached hydrogen (secondary N) is 1. The van der Waals surface area contributed by atoms with E-state index < -0.39 is 0 Å². The van der Waals surface area contributed by atoms with Gasteiger partial charge in [-0.05, 0) is 26.4 Å². The minimum Gasteiger partial charge on any atom is -0.315 e. The van der Waals surface area contributed by atoms with Crippen molar-refractivity contribution in [3.63, 3.8) is 0 Å². The van der Waals surface area contributed by atoms with Crippen LogP contribution in [-0.2, 0) is 0 Å². The van der Waals surface area contributed by atoms with Crippen molar-refractivity contribution in [1.29, 1.82) is 0 Å². The topological polar surface area (TPSA) is 15.3 Å². The molecule has 2 nitrogen and oxygen atoms in total. The van der Waals surface area contributed by atoms with Gasteiger partial charge in [0.15, 0.2) is 0 Å². The highest BCUT2D eigenvalue weighted by atomic mass is 15.1. The smallest absolute Gasteiger partial charge is 0.0221 e. The van der Waals surface area contributed by atoms with Gasteiger partial charge in [0.05, 0.1) is 0 Å². The molecular weight excluding hydrogens is 112 g/mol. The van der Waals surface area contributed by atoms with Crippen LogP contribution in [0.2, 0.25) is 0 Å². The van der Waals surface area contributed by atoms with Crippen molar-refractivity contribution in [1.82, 2.24) is 10.2 Å². The summed E-state index contributed by atoms with van der Waals surface area (Å²) in [6, 6.07) is 0. The summed E-state index contributed by atoms with van der Waals surface area (Å²) < 4.78 is 0. The van der Waals surface area contributed by atoms with Gasteiger partial charge < -0.3 is 5.32 Å². The maximum atomic E-state index is 3.35. The molecule has 0 aromatic heterocycles. The van der Waals surface area contributed by atoms with Gasteiger partial charge in [-0.15, -0.1) is 0 Å². The van der Waals surface area contributed by atoms with Crippen LogP contribution in [-0.4, -0.2) is 31.1 Å². The van der Waals surface area contributed by atoms with Crippen molar-refractivity contribution >= 4 is 0 Å². The van der Waals surface area contributed by atoms with E-state index in [1.165, 1.54) is 26.1 Å². The first-order chi connectivity index (χ1) is 4.43. The van der Waals surface area contributed by atoms with E-state index in [1.54, 1.807) is 0 Å². The minimum absolute atomic E-state index is 1.14.